The van der Waals surface area contributed by atoms with Crippen LogP contribution in [-0.4, -0.2) is 21.9 Å². The van der Waals surface area contributed by atoms with Gasteiger partial charge in [0, 0.05) is 23.5 Å². The lowest BCUT2D eigenvalue weighted by Crippen LogP contribution is -2.36. The highest BCUT2D eigenvalue weighted by molar-refractivity contribution is 7.17. The molecule has 1 fully saturated rings. The number of rotatable bonds is 4. The number of thiophene rings is 1. The smallest absolute Gasteiger partial charge is 0.270 e. The zero-order valence-corrected chi connectivity index (χ0v) is 15.9. The van der Waals surface area contributed by atoms with Crippen LogP contribution in [0.25, 0.3) is 10.2 Å². The van der Waals surface area contributed by atoms with Gasteiger partial charge in [-0.2, -0.15) is 0 Å². The van der Waals surface area contributed by atoms with E-state index in [1.165, 1.54) is 28.8 Å². The summed E-state index contributed by atoms with van der Waals surface area (Å²) in [4.78, 5) is 22.9. The summed E-state index contributed by atoms with van der Waals surface area (Å²) < 4.78 is 1.17. The third kappa shape index (κ3) is 3.75. The van der Waals surface area contributed by atoms with E-state index in [1.54, 1.807) is 22.7 Å². The van der Waals surface area contributed by atoms with E-state index in [9.17, 15) is 4.79 Å². The van der Waals surface area contributed by atoms with E-state index in [2.05, 4.69) is 15.3 Å². The maximum atomic E-state index is 12.7. The Morgan fingerprint density at radius 3 is 2.92 bits per heavy atom. The Morgan fingerprint density at radius 1 is 1.32 bits per heavy atom. The third-order valence-electron chi connectivity index (χ3n) is 4.69. The molecule has 130 valence electrons. The van der Waals surface area contributed by atoms with Crippen molar-refractivity contribution < 1.29 is 4.79 Å². The maximum Gasteiger partial charge on any atom is 0.270 e. The van der Waals surface area contributed by atoms with Gasteiger partial charge < -0.3 is 5.32 Å². The van der Waals surface area contributed by atoms with E-state index in [1.807, 2.05) is 30.6 Å². The van der Waals surface area contributed by atoms with E-state index in [0.29, 0.717) is 11.7 Å². The van der Waals surface area contributed by atoms with Gasteiger partial charge in [-0.3, -0.25) is 4.79 Å². The SMILES string of the molecule is Cc1ncc(Cc2cc(C(=O)NC3CCCCC3)nc3ccsc23)s1. The van der Waals surface area contributed by atoms with Crippen molar-refractivity contribution in [1.82, 2.24) is 15.3 Å². The molecule has 1 aliphatic rings. The summed E-state index contributed by atoms with van der Waals surface area (Å²) in [5, 5.41) is 6.29. The first-order chi connectivity index (χ1) is 12.2. The molecule has 4 rings (SSSR count). The molecule has 3 aromatic heterocycles. The van der Waals surface area contributed by atoms with Crippen molar-refractivity contribution in [2.45, 2.75) is 51.5 Å². The summed E-state index contributed by atoms with van der Waals surface area (Å²) >= 11 is 3.40. The van der Waals surface area contributed by atoms with Crippen LogP contribution in [0.2, 0.25) is 0 Å². The molecular formula is C19H21N3OS2. The molecule has 0 bridgehead atoms. The minimum Gasteiger partial charge on any atom is -0.348 e. The summed E-state index contributed by atoms with van der Waals surface area (Å²) in [6, 6.07) is 4.26. The Morgan fingerprint density at radius 2 is 2.16 bits per heavy atom. The zero-order chi connectivity index (χ0) is 17.2. The number of amides is 1. The number of fused-ring (bicyclic) bond motifs is 1. The van der Waals surface area contributed by atoms with Crippen molar-refractivity contribution in [2.75, 3.05) is 0 Å². The van der Waals surface area contributed by atoms with Gasteiger partial charge in [-0.25, -0.2) is 9.97 Å². The normalized spacial score (nSPS) is 15.6. The molecule has 6 heteroatoms. The van der Waals surface area contributed by atoms with Crippen molar-refractivity contribution in [2.24, 2.45) is 0 Å². The van der Waals surface area contributed by atoms with Crippen molar-refractivity contribution >= 4 is 38.8 Å². The second kappa shape index (κ2) is 7.22. The molecule has 3 aromatic rings. The first kappa shape index (κ1) is 16.7. The molecule has 1 amide bonds. The summed E-state index contributed by atoms with van der Waals surface area (Å²) in [5.74, 6) is -0.0401. The molecule has 0 aromatic carbocycles. The average Bonchev–Trinajstić information content (AvgIpc) is 3.24. The van der Waals surface area contributed by atoms with E-state index >= 15 is 0 Å². The van der Waals surface area contributed by atoms with Crippen LogP contribution in [0.4, 0.5) is 0 Å². The number of hydrogen-bond donors (Lipinski definition) is 1. The monoisotopic (exact) mass is 371 g/mol. The number of nitrogens with one attached hydrogen (secondary N) is 1. The number of thiazole rings is 1. The van der Waals surface area contributed by atoms with E-state index < -0.39 is 0 Å². The van der Waals surface area contributed by atoms with Gasteiger partial charge in [0.1, 0.15) is 5.69 Å². The second-order valence-corrected chi connectivity index (χ2v) is 8.87. The van der Waals surface area contributed by atoms with Crippen LogP contribution in [0, 0.1) is 6.92 Å². The van der Waals surface area contributed by atoms with Crippen LogP contribution in [0.3, 0.4) is 0 Å². The van der Waals surface area contributed by atoms with E-state index in [4.69, 9.17) is 0 Å². The molecule has 0 aliphatic heterocycles. The zero-order valence-electron chi connectivity index (χ0n) is 14.2. The highest BCUT2D eigenvalue weighted by Crippen LogP contribution is 2.28. The predicted molar refractivity (Wildman–Crippen MR) is 104 cm³/mol. The number of pyridine rings is 1. The predicted octanol–water partition coefficient (Wildman–Crippen LogP) is 4.71. The third-order valence-corrected chi connectivity index (χ3v) is 6.59. The number of aromatic nitrogens is 2. The molecule has 0 saturated heterocycles. The fourth-order valence-electron chi connectivity index (χ4n) is 3.45. The van der Waals surface area contributed by atoms with Gasteiger partial charge in [0.25, 0.3) is 5.91 Å². The fourth-order valence-corrected chi connectivity index (χ4v) is 5.12. The van der Waals surface area contributed by atoms with Crippen molar-refractivity contribution in [3.8, 4) is 0 Å². The molecule has 0 spiro atoms. The van der Waals surface area contributed by atoms with E-state index in [0.717, 1.165) is 35.4 Å². The van der Waals surface area contributed by atoms with Crippen LogP contribution in [0.15, 0.2) is 23.7 Å². The van der Waals surface area contributed by atoms with Gasteiger partial charge in [-0.15, -0.1) is 22.7 Å². The molecule has 0 radical (unpaired) electrons. The fraction of sp³-hybridized carbons (Fsp3) is 0.421. The molecule has 3 heterocycles. The molecule has 1 N–H and O–H groups in total. The molecule has 0 atom stereocenters. The molecule has 1 aliphatic carbocycles. The number of aryl methyl sites for hydroxylation is 1. The lowest BCUT2D eigenvalue weighted by molar-refractivity contribution is 0.0923. The largest absolute Gasteiger partial charge is 0.348 e. The number of nitrogens with zero attached hydrogens (tertiary/aromatic N) is 2. The van der Waals surface area contributed by atoms with Gasteiger partial charge in [0.05, 0.1) is 15.2 Å². The topological polar surface area (TPSA) is 54.9 Å². The van der Waals surface area contributed by atoms with Crippen LogP contribution < -0.4 is 5.32 Å². The lowest BCUT2D eigenvalue weighted by Gasteiger charge is -2.22. The van der Waals surface area contributed by atoms with Crippen molar-refractivity contribution in [3.05, 3.63) is 44.9 Å². The first-order valence-corrected chi connectivity index (χ1v) is 10.5. The standard InChI is InChI=1S/C19H21N3OS2/c1-12-20-11-15(25-12)9-13-10-17(22-16-7-8-24-18(13)16)19(23)21-14-5-3-2-4-6-14/h7-8,10-11,14H,2-6,9H2,1H3,(H,21,23). The van der Waals surface area contributed by atoms with Gasteiger partial charge in [0.15, 0.2) is 0 Å². The highest BCUT2D eigenvalue weighted by Gasteiger charge is 2.19. The van der Waals surface area contributed by atoms with E-state index in [-0.39, 0.29) is 5.91 Å². The summed E-state index contributed by atoms with van der Waals surface area (Å²) in [5.41, 5.74) is 2.61. The van der Waals surface area contributed by atoms with Crippen LogP contribution in [0.1, 0.15) is 58.0 Å². The minimum atomic E-state index is -0.0401. The van der Waals surface area contributed by atoms with Crippen LogP contribution in [-0.2, 0) is 6.42 Å². The van der Waals surface area contributed by atoms with Gasteiger partial charge in [-0.05, 0) is 42.8 Å². The van der Waals surface area contributed by atoms with Crippen molar-refractivity contribution in [3.63, 3.8) is 0 Å². The molecule has 1 saturated carbocycles. The highest BCUT2D eigenvalue weighted by atomic mass is 32.1. The number of carbonyl (C=O) groups excluding carboxylic acids is 1. The number of carbonyl (C=O) groups is 1. The molecule has 0 unspecified atom stereocenters. The van der Waals surface area contributed by atoms with Gasteiger partial charge >= 0.3 is 0 Å². The summed E-state index contributed by atoms with van der Waals surface area (Å²) in [7, 11) is 0. The minimum absolute atomic E-state index is 0.0401. The summed E-state index contributed by atoms with van der Waals surface area (Å²) in [6.07, 6.45) is 8.59. The Kier molecular flexibility index (Phi) is 4.81. The quantitative estimate of drug-likeness (QED) is 0.722. The Hall–Kier alpha value is -1.79. The van der Waals surface area contributed by atoms with Crippen LogP contribution in [0.5, 0.6) is 0 Å². The molecule has 4 nitrogen and oxygen atoms in total. The van der Waals surface area contributed by atoms with Gasteiger partial charge in [0.2, 0.25) is 0 Å². The van der Waals surface area contributed by atoms with Crippen LogP contribution >= 0.6 is 22.7 Å². The Bertz CT molecular complexity index is 893. The summed E-state index contributed by atoms with van der Waals surface area (Å²) in [6.45, 7) is 2.02. The first-order valence-electron chi connectivity index (χ1n) is 8.78. The lowest BCUT2D eigenvalue weighted by atomic mass is 9.95. The molecule has 25 heavy (non-hydrogen) atoms. The maximum absolute atomic E-state index is 12.7. The number of hydrogen-bond acceptors (Lipinski definition) is 5. The van der Waals surface area contributed by atoms with Crippen molar-refractivity contribution in [1.29, 1.82) is 0 Å². The second-order valence-electron chi connectivity index (χ2n) is 6.63. The Labute approximate surface area is 155 Å². The molecular weight excluding hydrogens is 350 g/mol. The average molecular weight is 372 g/mol. The van der Waals surface area contributed by atoms with Gasteiger partial charge in [-0.1, -0.05) is 19.3 Å². The Balaban J connectivity index is 1.61.